The summed E-state index contributed by atoms with van der Waals surface area (Å²) in [4.78, 5) is 13.9. The van der Waals surface area contributed by atoms with Crippen molar-refractivity contribution in [3.05, 3.63) is 70.8 Å². The molecule has 0 aromatic heterocycles. The fourth-order valence-corrected chi connectivity index (χ4v) is 8.20. The average Bonchev–Trinajstić information content (AvgIpc) is 3.33. The Labute approximate surface area is 273 Å². The predicted octanol–water partition coefficient (Wildman–Crippen LogP) is 10.2. The van der Waals surface area contributed by atoms with Crippen LogP contribution < -0.4 is 4.74 Å². The van der Waals surface area contributed by atoms with Crippen molar-refractivity contribution in [1.29, 1.82) is 0 Å². The lowest BCUT2D eigenvalue weighted by atomic mass is 9.76. The number of carbonyl (C=O) groups excluding carboxylic acids is 1. The number of benzene rings is 2. The molecule has 246 valence electrons. The van der Waals surface area contributed by atoms with E-state index in [0.717, 1.165) is 74.0 Å². The molecule has 0 amide bonds. The molecule has 45 heavy (non-hydrogen) atoms. The van der Waals surface area contributed by atoms with Crippen molar-refractivity contribution in [3.63, 3.8) is 0 Å². The second kappa shape index (κ2) is 15.1. The molecule has 3 unspecified atom stereocenters. The Balaban J connectivity index is 1.41. The summed E-state index contributed by atoms with van der Waals surface area (Å²) in [7, 11) is -2.18. The first-order valence-electron chi connectivity index (χ1n) is 17.5. The zero-order valence-corrected chi connectivity index (χ0v) is 29.6. The van der Waals surface area contributed by atoms with Crippen LogP contribution in [0.5, 0.6) is 5.75 Å². The summed E-state index contributed by atoms with van der Waals surface area (Å²) in [5.74, 6) is 1.18. The Morgan fingerprint density at radius 1 is 1.00 bits per heavy atom. The molecule has 3 aliphatic rings. The standard InChI is InChI=1S/C39H56O5Si/c1-7-8-10-18-30(43-36-21-13-14-24-41-36)22-23-32-34(40)26-29-25-33-31(38(37(29)32)44-45(5,6)39(2,3)4)19-15-20-35(33)42-27-28-16-11-9-12-17-28/h9,11-12,15-17,19-20,25,30,32,36-38H,7-8,10,13-14,18,21-24,26-27H2,1-6H3/t30-,32?,36?,37?,38+/m0/s1. The van der Waals surface area contributed by atoms with Crippen molar-refractivity contribution in [2.24, 2.45) is 11.8 Å². The van der Waals surface area contributed by atoms with Gasteiger partial charge in [-0.25, -0.2) is 0 Å². The van der Waals surface area contributed by atoms with Gasteiger partial charge in [0.1, 0.15) is 18.1 Å². The Kier molecular flexibility index (Phi) is 11.4. The van der Waals surface area contributed by atoms with E-state index in [1.807, 2.05) is 18.2 Å². The molecule has 6 heteroatoms. The number of carbonyl (C=O) groups is 1. The molecule has 5 atom stereocenters. The largest absolute Gasteiger partial charge is 0.488 e. The monoisotopic (exact) mass is 632 g/mol. The van der Waals surface area contributed by atoms with E-state index in [-0.39, 0.29) is 35.4 Å². The number of Topliss-reactive ketones (excluding diaryl/α,β-unsaturated/α-hetero) is 1. The summed E-state index contributed by atoms with van der Waals surface area (Å²) in [6.45, 7) is 15.1. The summed E-state index contributed by atoms with van der Waals surface area (Å²) in [6.07, 6.45) is 12.1. The highest BCUT2D eigenvalue weighted by Gasteiger charge is 2.50. The molecule has 0 radical (unpaired) electrons. The lowest BCUT2D eigenvalue weighted by Crippen LogP contribution is -2.44. The Morgan fingerprint density at radius 3 is 2.51 bits per heavy atom. The van der Waals surface area contributed by atoms with Crippen LogP contribution >= 0.6 is 0 Å². The van der Waals surface area contributed by atoms with Gasteiger partial charge < -0.3 is 18.6 Å². The quantitative estimate of drug-likeness (QED) is 0.153. The third-order valence-electron chi connectivity index (χ3n) is 10.6. The number of unbranched alkanes of at least 4 members (excludes halogenated alkanes) is 2. The van der Waals surface area contributed by atoms with Crippen molar-refractivity contribution in [3.8, 4) is 5.75 Å². The molecular formula is C39H56O5Si. The van der Waals surface area contributed by atoms with Gasteiger partial charge in [-0.1, -0.05) is 101 Å². The molecule has 1 saturated heterocycles. The average molecular weight is 633 g/mol. The molecule has 1 saturated carbocycles. The molecule has 2 aliphatic carbocycles. The van der Waals surface area contributed by atoms with Gasteiger partial charge in [0.2, 0.25) is 0 Å². The van der Waals surface area contributed by atoms with Crippen molar-refractivity contribution in [2.45, 2.75) is 135 Å². The highest BCUT2D eigenvalue weighted by molar-refractivity contribution is 6.74. The second-order valence-corrected chi connectivity index (χ2v) is 19.7. The summed E-state index contributed by atoms with van der Waals surface area (Å²) in [5.41, 5.74) is 4.57. The van der Waals surface area contributed by atoms with E-state index in [4.69, 9.17) is 18.6 Å². The minimum absolute atomic E-state index is 0.0470. The van der Waals surface area contributed by atoms with Crippen molar-refractivity contribution in [2.75, 3.05) is 6.61 Å². The molecule has 2 aromatic carbocycles. The molecule has 1 heterocycles. The Hall–Kier alpha value is -2.25. The van der Waals surface area contributed by atoms with Gasteiger partial charge >= 0.3 is 0 Å². The van der Waals surface area contributed by atoms with Gasteiger partial charge in [0.25, 0.3) is 0 Å². The third-order valence-corrected chi connectivity index (χ3v) is 15.0. The minimum Gasteiger partial charge on any atom is -0.488 e. The zero-order chi connectivity index (χ0) is 32.0. The van der Waals surface area contributed by atoms with E-state index >= 15 is 0 Å². The summed E-state index contributed by atoms with van der Waals surface area (Å²) in [6, 6.07) is 16.6. The van der Waals surface area contributed by atoms with Gasteiger partial charge in [0.05, 0.1) is 12.2 Å². The molecular weight excluding hydrogens is 577 g/mol. The lowest BCUT2D eigenvalue weighted by Gasteiger charge is -2.44. The smallest absolute Gasteiger partial charge is 0.192 e. The highest BCUT2D eigenvalue weighted by Crippen LogP contribution is 2.54. The number of ketones is 1. The van der Waals surface area contributed by atoms with Gasteiger partial charge in [0.15, 0.2) is 14.6 Å². The topological polar surface area (TPSA) is 54.0 Å². The van der Waals surface area contributed by atoms with Crippen LogP contribution in [-0.4, -0.2) is 33.1 Å². The Bertz CT molecular complexity index is 1290. The van der Waals surface area contributed by atoms with Crippen LogP contribution in [-0.2, 0) is 25.3 Å². The number of rotatable bonds is 14. The SMILES string of the molecule is CCCCC[C@@H](CCC1C(=O)CC2=Cc3c(OCc4ccccc4)cccc3[C@@H](O[Si](C)(C)C(C)(C)C)C21)OC1CCCCO1. The van der Waals surface area contributed by atoms with E-state index in [0.29, 0.717) is 18.8 Å². The molecule has 5 rings (SSSR count). The second-order valence-electron chi connectivity index (χ2n) is 15.0. The van der Waals surface area contributed by atoms with Crippen molar-refractivity contribution >= 4 is 20.2 Å². The Morgan fingerprint density at radius 2 is 1.80 bits per heavy atom. The van der Waals surface area contributed by atoms with Gasteiger partial charge in [0, 0.05) is 30.4 Å². The van der Waals surface area contributed by atoms with Crippen LogP contribution in [0, 0.1) is 11.8 Å². The van der Waals surface area contributed by atoms with Crippen LogP contribution in [0.4, 0.5) is 0 Å². The number of hydrogen-bond acceptors (Lipinski definition) is 5. The van der Waals surface area contributed by atoms with E-state index in [2.05, 4.69) is 77.2 Å². The maximum atomic E-state index is 13.9. The molecule has 2 aromatic rings. The molecule has 0 N–H and O–H groups in total. The minimum atomic E-state index is -2.18. The molecule has 0 spiro atoms. The van der Waals surface area contributed by atoms with Crippen LogP contribution in [0.25, 0.3) is 6.08 Å². The predicted molar refractivity (Wildman–Crippen MR) is 185 cm³/mol. The van der Waals surface area contributed by atoms with Crippen LogP contribution in [0.2, 0.25) is 18.1 Å². The first-order chi connectivity index (χ1) is 21.6. The van der Waals surface area contributed by atoms with E-state index in [1.165, 1.54) is 18.4 Å². The maximum Gasteiger partial charge on any atom is 0.192 e. The van der Waals surface area contributed by atoms with Crippen molar-refractivity contribution in [1.82, 2.24) is 0 Å². The molecule has 0 bridgehead atoms. The normalized spacial score (nSPS) is 24.1. The van der Waals surface area contributed by atoms with Gasteiger partial charge in [-0.05, 0) is 73.9 Å². The molecule has 1 aliphatic heterocycles. The van der Waals surface area contributed by atoms with Gasteiger partial charge in [-0.2, -0.15) is 0 Å². The summed E-state index contributed by atoms with van der Waals surface area (Å²) in [5, 5.41) is 0.0478. The summed E-state index contributed by atoms with van der Waals surface area (Å²) >= 11 is 0. The zero-order valence-electron chi connectivity index (χ0n) is 28.6. The van der Waals surface area contributed by atoms with Gasteiger partial charge in [-0.3, -0.25) is 4.79 Å². The first-order valence-corrected chi connectivity index (χ1v) is 20.5. The highest BCUT2D eigenvalue weighted by atomic mass is 28.4. The third kappa shape index (κ3) is 8.37. The lowest BCUT2D eigenvalue weighted by molar-refractivity contribution is -0.191. The first kappa shape index (κ1) is 34.1. The van der Waals surface area contributed by atoms with E-state index in [1.54, 1.807) is 0 Å². The van der Waals surface area contributed by atoms with Crippen LogP contribution in [0.1, 0.15) is 115 Å². The van der Waals surface area contributed by atoms with Crippen molar-refractivity contribution < 1.29 is 23.4 Å². The van der Waals surface area contributed by atoms with E-state index in [9.17, 15) is 4.79 Å². The fourth-order valence-electron chi connectivity index (χ4n) is 6.94. The molecule has 5 nitrogen and oxygen atoms in total. The van der Waals surface area contributed by atoms with Crippen LogP contribution in [0.15, 0.2) is 54.1 Å². The summed E-state index contributed by atoms with van der Waals surface area (Å²) < 4.78 is 26.3. The fraction of sp³-hybridized carbons (Fsp3) is 0.615. The van der Waals surface area contributed by atoms with E-state index < -0.39 is 8.32 Å². The number of hydrogen-bond donors (Lipinski definition) is 0. The number of fused-ring (bicyclic) bond motifs is 2. The van der Waals surface area contributed by atoms with Crippen LogP contribution in [0.3, 0.4) is 0 Å². The maximum absolute atomic E-state index is 13.9. The number of ether oxygens (including phenoxy) is 3. The molecule has 2 fully saturated rings. The van der Waals surface area contributed by atoms with Gasteiger partial charge in [-0.15, -0.1) is 0 Å².